The Morgan fingerprint density at radius 2 is 2.10 bits per heavy atom. The van der Waals surface area contributed by atoms with Gasteiger partial charge in [-0.05, 0) is 18.9 Å². The van der Waals surface area contributed by atoms with Gasteiger partial charge in [0.1, 0.15) is 11.7 Å². The number of carbonyl (C=O) groups is 1. The first-order valence-electron chi connectivity index (χ1n) is 6.95. The van der Waals surface area contributed by atoms with Crippen molar-refractivity contribution in [2.24, 2.45) is 11.8 Å². The molecule has 7 atom stereocenters. The molecule has 2 aliphatic heterocycles. The normalized spacial score (nSPS) is 56.8. The van der Waals surface area contributed by atoms with Crippen LogP contribution >= 0.6 is 0 Å². The zero-order valence-corrected chi connectivity index (χ0v) is 11.3. The predicted molar refractivity (Wildman–Crippen MR) is 68.6 cm³/mol. The molecule has 4 rings (SSSR count). The van der Waals surface area contributed by atoms with E-state index in [4.69, 9.17) is 9.47 Å². The van der Waals surface area contributed by atoms with Gasteiger partial charge in [-0.15, -0.1) is 0 Å². The SMILES string of the molecule is C=C1C(=O)O[C@H]2[C@H]1[C@@H](O)CC(=C)[C@]1(O)C[C@H]3O[C@@]3(C)[C@H]21. The van der Waals surface area contributed by atoms with Crippen molar-refractivity contribution in [1.29, 1.82) is 0 Å². The maximum Gasteiger partial charge on any atom is 0.334 e. The zero-order chi connectivity index (χ0) is 14.4. The maximum atomic E-state index is 11.8. The van der Waals surface area contributed by atoms with E-state index in [1.54, 1.807) is 0 Å². The fourth-order valence-electron chi connectivity index (χ4n) is 4.53. The Labute approximate surface area is 116 Å². The van der Waals surface area contributed by atoms with Crippen molar-refractivity contribution in [2.75, 3.05) is 0 Å². The van der Waals surface area contributed by atoms with Crippen LogP contribution in [0.5, 0.6) is 0 Å². The van der Waals surface area contributed by atoms with Crippen LogP contribution in [0.1, 0.15) is 19.8 Å². The molecular weight excluding hydrogens is 260 g/mol. The van der Waals surface area contributed by atoms with E-state index in [0.29, 0.717) is 12.0 Å². The second-order valence-corrected chi connectivity index (χ2v) is 6.69. The van der Waals surface area contributed by atoms with Gasteiger partial charge in [-0.1, -0.05) is 13.2 Å². The summed E-state index contributed by atoms with van der Waals surface area (Å²) in [5.74, 6) is -1.36. The number of epoxide rings is 1. The van der Waals surface area contributed by atoms with Crippen molar-refractivity contribution in [3.8, 4) is 0 Å². The molecule has 0 aromatic rings. The third kappa shape index (κ3) is 1.22. The molecule has 2 heterocycles. The van der Waals surface area contributed by atoms with Gasteiger partial charge >= 0.3 is 5.97 Å². The maximum absolute atomic E-state index is 11.8. The van der Waals surface area contributed by atoms with Crippen LogP contribution in [0.2, 0.25) is 0 Å². The molecule has 0 aromatic heterocycles. The zero-order valence-electron chi connectivity index (χ0n) is 11.3. The highest BCUT2D eigenvalue weighted by atomic mass is 16.6. The molecule has 4 fully saturated rings. The second-order valence-electron chi connectivity index (χ2n) is 6.69. The van der Waals surface area contributed by atoms with E-state index in [0.717, 1.165) is 0 Å². The smallest absolute Gasteiger partial charge is 0.334 e. The molecule has 0 bridgehead atoms. The number of esters is 1. The van der Waals surface area contributed by atoms with Crippen molar-refractivity contribution in [3.05, 3.63) is 24.3 Å². The van der Waals surface area contributed by atoms with Gasteiger partial charge in [0.2, 0.25) is 0 Å². The molecule has 5 heteroatoms. The minimum absolute atomic E-state index is 0.0299. The molecule has 20 heavy (non-hydrogen) atoms. The minimum atomic E-state index is -1.14. The summed E-state index contributed by atoms with van der Waals surface area (Å²) >= 11 is 0. The lowest BCUT2D eigenvalue weighted by Gasteiger charge is -2.37. The number of hydrogen-bond donors (Lipinski definition) is 2. The summed E-state index contributed by atoms with van der Waals surface area (Å²) in [5.41, 5.74) is -0.754. The van der Waals surface area contributed by atoms with Gasteiger partial charge in [0.15, 0.2) is 0 Å². The molecule has 0 aromatic carbocycles. The van der Waals surface area contributed by atoms with E-state index in [9.17, 15) is 15.0 Å². The summed E-state index contributed by atoms with van der Waals surface area (Å²) in [4.78, 5) is 11.8. The van der Waals surface area contributed by atoms with Gasteiger partial charge in [-0.3, -0.25) is 0 Å². The lowest BCUT2D eigenvalue weighted by Crippen LogP contribution is -2.48. The highest BCUT2D eigenvalue weighted by Gasteiger charge is 2.76. The Balaban J connectivity index is 1.85. The van der Waals surface area contributed by atoms with Crippen molar-refractivity contribution in [1.82, 2.24) is 0 Å². The number of aliphatic hydroxyl groups is 2. The number of carbonyl (C=O) groups excluding carboxylic acids is 1. The molecule has 2 aliphatic carbocycles. The molecular formula is C15H18O5. The molecule has 0 spiro atoms. The Hall–Kier alpha value is -1.17. The lowest BCUT2D eigenvalue weighted by molar-refractivity contribution is -0.149. The van der Waals surface area contributed by atoms with Crippen LogP contribution in [0.25, 0.3) is 0 Å². The summed E-state index contributed by atoms with van der Waals surface area (Å²) in [5, 5.41) is 21.4. The van der Waals surface area contributed by atoms with Crippen molar-refractivity contribution >= 4 is 5.97 Å². The van der Waals surface area contributed by atoms with Crippen LogP contribution in [-0.4, -0.2) is 45.7 Å². The standard InChI is InChI=1S/C15H18O5/c1-6-4-8(16)10-7(2)13(17)19-11(10)12-14(3)9(20-14)5-15(6,12)18/h8-12,16,18H,1-2,4-5H2,3H3/t8-,9+,10+,11-,12-,14+,15+/m0/s1. The summed E-state index contributed by atoms with van der Waals surface area (Å²) in [6.07, 6.45) is -0.717. The predicted octanol–water partition coefficient (Wildman–Crippen LogP) is 0.313. The van der Waals surface area contributed by atoms with E-state index in [1.807, 2.05) is 6.92 Å². The Morgan fingerprint density at radius 3 is 2.80 bits per heavy atom. The van der Waals surface area contributed by atoms with E-state index in [1.165, 1.54) is 0 Å². The fourth-order valence-corrected chi connectivity index (χ4v) is 4.53. The number of aliphatic hydroxyl groups excluding tert-OH is 1. The largest absolute Gasteiger partial charge is 0.458 e. The van der Waals surface area contributed by atoms with Crippen molar-refractivity contribution < 1.29 is 24.5 Å². The third-order valence-corrected chi connectivity index (χ3v) is 5.68. The highest BCUT2D eigenvalue weighted by Crippen LogP contribution is 2.64. The van der Waals surface area contributed by atoms with E-state index in [-0.39, 0.29) is 18.1 Å². The van der Waals surface area contributed by atoms with Gasteiger partial charge in [-0.2, -0.15) is 0 Å². The second kappa shape index (κ2) is 3.35. The molecule has 2 saturated carbocycles. The number of ether oxygens (including phenoxy) is 2. The first kappa shape index (κ1) is 12.6. The summed E-state index contributed by atoms with van der Waals surface area (Å²) in [7, 11) is 0. The van der Waals surface area contributed by atoms with Crippen molar-refractivity contribution in [3.63, 3.8) is 0 Å². The fraction of sp³-hybridized carbons (Fsp3) is 0.667. The highest BCUT2D eigenvalue weighted by molar-refractivity contribution is 5.91. The third-order valence-electron chi connectivity index (χ3n) is 5.68. The van der Waals surface area contributed by atoms with Gasteiger partial charge in [0.05, 0.1) is 29.6 Å². The van der Waals surface area contributed by atoms with Crippen LogP contribution in [0.3, 0.4) is 0 Å². The van der Waals surface area contributed by atoms with Gasteiger partial charge in [-0.25, -0.2) is 4.79 Å². The minimum Gasteiger partial charge on any atom is -0.458 e. The van der Waals surface area contributed by atoms with Gasteiger partial charge in [0, 0.05) is 12.0 Å². The topological polar surface area (TPSA) is 79.3 Å². The first-order chi connectivity index (χ1) is 9.29. The summed E-state index contributed by atoms with van der Waals surface area (Å²) in [6.45, 7) is 9.64. The van der Waals surface area contributed by atoms with Crippen LogP contribution in [-0.2, 0) is 14.3 Å². The number of fused-ring (bicyclic) bond motifs is 5. The molecule has 2 N–H and O–H groups in total. The van der Waals surface area contributed by atoms with Gasteiger partial charge < -0.3 is 19.7 Å². The van der Waals surface area contributed by atoms with Gasteiger partial charge in [0.25, 0.3) is 0 Å². The summed E-state index contributed by atoms with van der Waals surface area (Å²) < 4.78 is 11.1. The molecule has 0 radical (unpaired) electrons. The van der Waals surface area contributed by atoms with E-state index < -0.39 is 41.2 Å². The van der Waals surface area contributed by atoms with Crippen molar-refractivity contribution in [2.45, 2.75) is 49.3 Å². The van der Waals surface area contributed by atoms with Crippen LogP contribution in [0.15, 0.2) is 24.3 Å². The monoisotopic (exact) mass is 278 g/mol. The molecule has 4 aliphatic rings. The average Bonchev–Trinajstić information content (AvgIpc) is 2.80. The Kier molecular flexibility index (Phi) is 2.10. The number of hydrogen-bond acceptors (Lipinski definition) is 5. The van der Waals surface area contributed by atoms with Crippen LogP contribution < -0.4 is 0 Å². The van der Waals surface area contributed by atoms with E-state index in [2.05, 4.69) is 13.2 Å². The summed E-state index contributed by atoms with van der Waals surface area (Å²) in [6, 6.07) is 0. The van der Waals surface area contributed by atoms with Crippen LogP contribution in [0, 0.1) is 11.8 Å². The number of rotatable bonds is 0. The quantitative estimate of drug-likeness (QED) is 0.289. The molecule has 108 valence electrons. The lowest BCUT2D eigenvalue weighted by atomic mass is 9.75. The molecule has 2 saturated heterocycles. The van der Waals surface area contributed by atoms with E-state index >= 15 is 0 Å². The first-order valence-corrected chi connectivity index (χ1v) is 6.95. The molecule has 0 amide bonds. The Bertz CT molecular complexity index is 554. The average molecular weight is 278 g/mol. The molecule has 5 nitrogen and oxygen atoms in total. The molecule has 0 unspecified atom stereocenters. The Morgan fingerprint density at radius 1 is 1.40 bits per heavy atom. The van der Waals surface area contributed by atoms with Crippen LogP contribution in [0.4, 0.5) is 0 Å².